The minimum Gasteiger partial charge on any atom is -0.481 e. The van der Waals surface area contributed by atoms with Crippen molar-refractivity contribution in [1.82, 2.24) is 4.98 Å². The molecule has 1 heterocycles. The molecule has 0 fully saturated rings. The van der Waals surface area contributed by atoms with Crippen LogP contribution in [0.2, 0.25) is 0 Å². The average molecular weight is 220 g/mol. The number of carboxylic acid groups (broad SMARTS) is 1. The first-order valence-electron chi connectivity index (χ1n) is 3.86. The molecule has 0 saturated heterocycles. The van der Waals surface area contributed by atoms with Crippen LogP contribution in [-0.4, -0.2) is 16.1 Å². The van der Waals surface area contributed by atoms with Crippen molar-refractivity contribution in [2.24, 2.45) is 0 Å². The normalized spacial score (nSPS) is 10.7. The standard InChI is InChI=1S/C8H7F3N2O2/c9-7(10)3-1-4(12)5(2-6(14)15)13-8(3)11/h1,7H,2,12H2,(H,14,15). The SMILES string of the molecule is Nc1cc(C(F)F)c(F)nc1CC(=O)O. The van der Waals surface area contributed by atoms with E-state index < -0.39 is 30.3 Å². The van der Waals surface area contributed by atoms with Gasteiger partial charge in [0.05, 0.1) is 23.4 Å². The molecule has 0 atom stereocenters. The van der Waals surface area contributed by atoms with Crippen molar-refractivity contribution in [2.45, 2.75) is 12.8 Å². The van der Waals surface area contributed by atoms with Crippen LogP contribution in [0.15, 0.2) is 6.07 Å². The zero-order valence-corrected chi connectivity index (χ0v) is 7.38. The van der Waals surface area contributed by atoms with Crippen molar-refractivity contribution in [3.05, 3.63) is 23.3 Å². The summed E-state index contributed by atoms with van der Waals surface area (Å²) in [5.41, 5.74) is 3.81. The first kappa shape index (κ1) is 11.3. The maximum Gasteiger partial charge on any atom is 0.309 e. The quantitative estimate of drug-likeness (QED) is 0.754. The lowest BCUT2D eigenvalue weighted by Gasteiger charge is -2.06. The Morgan fingerprint density at radius 2 is 2.20 bits per heavy atom. The fourth-order valence-electron chi connectivity index (χ4n) is 0.996. The van der Waals surface area contributed by atoms with Crippen molar-refractivity contribution in [3.63, 3.8) is 0 Å². The summed E-state index contributed by atoms with van der Waals surface area (Å²) in [6.07, 6.45) is -3.63. The Morgan fingerprint density at radius 3 is 2.67 bits per heavy atom. The second-order valence-corrected chi connectivity index (χ2v) is 2.78. The van der Waals surface area contributed by atoms with Gasteiger partial charge < -0.3 is 10.8 Å². The number of aromatic nitrogens is 1. The van der Waals surface area contributed by atoms with Gasteiger partial charge in [-0.15, -0.1) is 0 Å². The summed E-state index contributed by atoms with van der Waals surface area (Å²) in [4.78, 5) is 13.4. The number of carboxylic acids is 1. The number of nitrogens with two attached hydrogens (primary N) is 1. The number of nitrogen functional groups attached to an aromatic ring is 1. The fourth-order valence-corrected chi connectivity index (χ4v) is 0.996. The summed E-state index contributed by atoms with van der Waals surface area (Å²) >= 11 is 0. The lowest BCUT2D eigenvalue weighted by atomic mass is 10.2. The molecule has 0 radical (unpaired) electrons. The molecule has 3 N–H and O–H groups in total. The van der Waals surface area contributed by atoms with Gasteiger partial charge in [-0.25, -0.2) is 13.8 Å². The second-order valence-electron chi connectivity index (χ2n) is 2.78. The van der Waals surface area contributed by atoms with E-state index in [9.17, 15) is 18.0 Å². The molecule has 4 nitrogen and oxygen atoms in total. The van der Waals surface area contributed by atoms with Gasteiger partial charge in [0.15, 0.2) is 0 Å². The van der Waals surface area contributed by atoms with Crippen molar-refractivity contribution < 1.29 is 23.1 Å². The van der Waals surface area contributed by atoms with Gasteiger partial charge in [0, 0.05) is 0 Å². The van der Waals surface area contributed by atoms with Crippen LogP contribution in [0.4, 0.5) is 18.9 Å². The molecule has 0 aliphatic rings. The van der Waals surface area contributed by atoms with Gasteiger partial charge in [-0.1, -0.05) is 0 Å². The predicted octanol–water partition coefficient (Wildman–Crippen LogP) is 1.37. The predicted molar refractivity (Wildman–Crippen MR) is 44.9 cm³/mol. The molecule has 1 rings (SSSR count). The molecule has 0 bridgehead atoms. The van der Waals surface area contributed by atoms with E-state index >= 15 is 0 Å². The van der Waals surface area contributed by atoms with Crippen molar-refractivity contribution >= 4 is 11.7 Å². The summed E-state index contributed by atoms with van der Waals surface area (Å²) in [5.74, 6) is -2.66. The Bertz CT molecular complexity index is 396. The van der Waals surface area contributed by atoms with E-state index in [4.69, 9.17) is 10.8 Å². The average Bonchev–Trinajstić information content (AvgIpc) is 2.09. The highest BCUT2D eigenvalue weighted by Gasteiger charge is 2.18. The fraction of sp³-hybridized carbons (Fsp3) is 0.250. The van der Waals surface area contributed by atoms with Crippen LogP contribution in [0.3, 0.4) is 0 Å². The van der Waals surface area contributed by atoms with Gasteiger partial charge in [-0.3, -0.25) is 4.79 Å². The van der Waals surface area contributed by atoms with Crippen LogP contribution in [0.5, 0.6) is 0 Å². The van der Waals surface area contributed by atoms with E-state index in [-0.39, 0.29) is 11.4 Å². The summed E-state index contributed by atoms with van der Waals surface area (Å²) < 4.78 is 37.2. The van der Waals surface area contributed by atoms with E-state index in [1.165, 1.54) is 0 Å². The van der Waals surface area contributed by atoms with E-state index in [0.29, 0.717) is 6.07 Å². The number of hydrogen-bond acceptors (Lipinski definition) is 3. The van der Waals surface area contributed by atoms with E-state index in [1.54, 1.807) is 0 Å². The molecule has 0 saturated carbocycles. The topological polar surface area (TPSA) is 76.2 Å². The zero-order chi connectivity index (χ0) is 11.6. The number of hydrogen-bond donors (Lipinski definition) is 2. The Labute approximate surface area is 82.5 Å². The maximum absolute atomic E-state index is 12.9. The molecule has 0 aliphatic heterocycles. The Morgan fingerprint density at radius 1 is 1.60 bits per heavy atom. The minimum atomic E-state index is -3.03. The summed E-state index contributed by atoms with van der Waals surface area (Å²) in [6, 6.07) is 0.700. The van der Waals surface area contributed by atoms with Crippen LogP contribution in [0.25, 0.3) is 0 Å². The molecule has 7 heteroatoms. The highest BCUT2D eigenvalue weighted by atomic mass is 19.3. The van der Waals surface area contributed by atoms with Crippen molar-refractivity contribution in [3.8, 4) is 0 Å². The van der Waals surface area contributed by atoms with Crippen LogP contribution < -0.4 is 5.73 Å². The largest absolute Gasteiger partial charge is 0.481 e. The van der Waals surface area contributed by atoms with E-state index in [0.717, 1.165) is 0 Å². The van der Waals surface area contributed by atoms with E-state index in [1.807, 2.05) is 0 Å². The van der Waals surface area contributed by atoms with Crippen LogP contribution in [0, 0.1) is 5.95 Å². The third-order valence-corrected chi connectivity index (χ3v) is 1.67. The Kier molecular flexibility index (Phi) is 3.13. The lowest BCUT2D eigenvalue weighted by molar-refractivity contribution is -0.136. The number of anilines is 1. The van der Waals surface area contributed by atoms with E-state index in [2.05, 4.69) is 4.98 Å². The number of carbonyl (C=O) groups is 1. The number of alkyl halides is 2. The van der Waals surface area contributed by atoms with Gasteiger partial charge in [0.25, 0.3) is 6.43 Å². The number of aliphatic carboxylic acids is 1. The monoisotopic (exact) mass is 220 g/mol. The molecule has 0 spiro atoms. The Balaban J connectivity index is 3.13. The smallest absolute Gasteiger partial charge is 0.309 e. The first-order chi connectivity index (χ1) is 6.91. The molecule has 0 unspecified atom stereocenters. The molecular formula is C8H7F3N2O2. The summed E-state index contributed by atoms with van der Waals surface area (Å²) in [6.45, 7) is 0. The molecule has 82 valence electrons. The highest BCUT2D eigenvalue weighted by molar-refractivity contribution is 5.71. The van der Waals surface area contributed by atoms with Crippen molar-refractivity contribution in [2.75, 3.05) is 5.73 Å². The number of halogens is 3. The molecule has 1 aromatic heterocycles. The molecular weight excluding hydrogens is 213 g/mol. The molecule has 0 aromatic carbocycles. The third-order valence-electron chi connectivity index (χ3n) is 1.67. The third kappa shape index (κ3) is 2.58. The maximum atomic E-state index is 12.9. The number of rotatable bonds is 3. The van der Waals surface area contributed by atoms with Crippen LogP contribution in [-0.2, 0) is 11.2 Å². The zero-order valence-electron chi connectivity index (χ0n) is 7.38. The lowest BCUT2D eigenvalue weighted by Crippen LogP contribution is -2.09. The first-order valence-corrected chi connectivity index (χ1v) is 3.86. The minimum absolute atomic E-state index is 0.255. The molecule has 0 aliphatic carbocycles. The second kappa shape index (κ2) is 4.16. The van der Waals surface area contributed by atoms with Gasteiger partial charge >= 0.3 is 5.97 Å². The van der Waals surface area contributed by atoms with Crippen LogP contribution in [0.1, 0.15) is 17.7 Å². The van der Waals surface area contributed by atoms with Crippen LogP contribution >= 0.6 is 0 Å². The molecule has 0 amide bonds. The Hall–Kier alpha value is -1.79. The molecule has 1 aromatic rings. The van der Waals surface area contributed by atoms with Gasteiger partial charge in [0.2, 0.25) is 5.95 Å². The highest BCUT2D eigenvalue weighted by Crippen LogP contribution is 2.24. The molecule has 15 heavy (non-hydrogen) atoms. The number of pyridine rings is 1. The van der Waals surface area contributed by atoms with Crippen molar-refractivity contribution in [1.29, 1.82) is 0 Å². The number of nitrogens with zero attached hydrogens (tertiary/aromatic N) is 1. The summed E-state index contributed by atoms with van der Waals surface area (Å²) in [5, 5.41) is 8.39. The summed E-state index contributed by atoms with van der Waals surface area (Å²) in [7, 11) is 0. The van der Waals surface area contributed by atoms with Gasteiger partial charge in [-0.05, 0) is 6.07 Å². The van der Waals surface area contributed by atoms with Gasteiger partial charge in [-0.2, -0.15) is 4.39 Å². The van der Waals surface area contributed by atoms with Gasteiger partial charge in [0.1, 0.15) is 0 Å².